The van der Waals surface area contributed by atoms with Gasteiger partial charge in [-0.2, -0.15) is 0 Å². The Kier molecular flexibility index (Phi) is 3.97. The Morgan fingerprint density at radius 2 is 2.06 bits per heavy atom. The molecule has 1 saturated heterocycles. The van der Waals surface area contributed by atoms with E-state index in [1.807, 2.05) is 0 Å². The van der Waals surface area contributed by atoms with E-state index in [0.717, 1.165) is 44.7 Å². The summed E-state index contributed by atoms with van der Waals surface area (Å²) >= 11 is 0. The van der Waals surface area contributed by atoms with Crippen LogP contribution in [-0.4, -0.2) is 43.0 Å². The molecule has 0 unspecified atom stereocenters. The molecule has 1 fully saturated rings. The number of benzene rings is 1. The second-order valence-electron chi connectivity index (χ2n) is 4.78. The Morgan fingerprint density at radius 1 is 1.24 bits per heavy atom. The van der Waals surface area contributed by atoms with Crippen LogP contribution >= 0.6 is 0 Å². The van der Waals surface area contributed by atoms with Crippen LogP contribution in [0.25, 0.3) is 0 Å². The second-order valence-corrected chi connectivity index (χ2v) is 4.78. The van der Waals surface area contributed by atoms with Crippen LogP contribution in [0.1, 0.15) is 12.0 Å². The second kappa shape index (κ2) is 5.47. The van der Waals surface area contributed by atoms with Crippen LogP contribution in [0.15, 0.2) is 18.2 Å². The largest absolute Gasteiger partial charge is 0.398 e. The summed E-state index contributed by atoms with van der Waals surface area (Å²) in [6, 6.07) is 4.60. The standard InChI is InChI=1S/C13H20FN3/c1-16-5-2-6-17(8-7-16)10-11-9-12(14)3-4-13(11)15/h3-4,9H,2,5-8,10,15H2,1H3. The van der Waals surface area contributed by atoms with E-state index >= 15 is 0 Å². The summed E-state index contributed by atoms with van der Waals surface area (Å²) in [4.78, 5) is 4.67. The third kappa shape index (κ3) is 3.41. The zero-order valence-electron chi connectivity index (χ0n) is 10.3. The minimum atomic E-state index is -0.207. The van der Waals surface area contributed by atoms with Gasteiger partial charge in [0.25, 0.3) is 0 Å². The molecule has 0 atom stereocenters. The van der Waals surface area contributed by atoms with Crippen LogP contribution in [-0.2, 0) is 6.54 Å². The van der Waals surface area contributed by atoms with Gasteiger partial charge in [0, 0.05) is 25.3 Å². The first-order valence-electron chi connectivity index (χ1n) is 6.10. The van der Waals surface area contributed by atoms with Crippen molar-refractivity contribution in [1.82, 2.24) is 9.80 Å². The summed E-state index contributed by atoms with van der Waals surface area (Å²) in [7, 11) is 2.14. The molecule has 1 aliphatic rings. The third-order valence-electron chi connectivity index (χ3n) is 3.31. The molecule has 0 saturated carbocycles. The van der Waals surface area contributed by atoms with Crippen LogP contribution < -0.4 is 5.73 Å². The van der Waals surface area contributed by atoms with Gasteiger partial charge in [0.05, 0.1) is 0 Å². The zero-order valence-corrected chi connectivity index (χ0v) is 10.3. The van der Waals surface area contributed by atoms with Gasteiger partial charge in [-0.05, 0) is 50.3 Å². The molecule has 2 rings (SSSR count). The number of nitrogen functional groups attached to an aromatic ring is 1. The minimum absolute atomic E-state index is 0.207. The highest BCUT2D eigenvalue weighted by Gasteiger charge is 2.13. The number of rotatable bonds is 2. The van der Waals surface area contributed by atoms with Gasteiger partial charge in [0.15, 0.2) is 0 Å². The van der Waals surface area contributed by atoms with E-state index in [9.17, 15) is 4.39 Å². The fraction of sp³-hybridized carbons (Fsp3) is 0.538. The van der Waals surface area contributed by atoms with E-state index in [1.165, 1.54) is 6.07 Å². The van der Waals surface area contributed by atoms with Crippen LogP contribution in [0.4, 0.5) is 10.1 Å². The topological polar surface area (TPSA) is 32.5 Å². The SMILES string of the molecule is CN1CCCN(Cc2cc(F)ccc2N)CC1. The van der Waals surface area contributed by atoms with Crippen molar-refractivity contribution in [2.75, 3.05) is 39.0 Å². The number of halogens is 1. The molecule has 0 aromatic heterocycles. The molecule has 0 amide bonds. The lowest BCUT2D eigenvalue weighted by Gasteiger charge is -2.21. The van der Waals surface area contributed by atoms with Crippen molar-refractivity contribution < 1.29 is 4.39 Å². The molecule has 3 nitrogen and oxygen atoms in total. The fourth-order valence-electron chi connectivity index (χ4n) is 2.21. The molecule has 0 aliphatic carbocycles. The lowest BCUT2D eigenvalue weighted by atomic mass is 10.1. The summed E-state index contributed by atoms with van der Waals surface area (Å²) in [5.74, 6) is -0.207. The maximum atomic E-state index is 13.2. The molecule has 0 radical (unpaired) electrons. The van der Waals surface area contributed by atoms with Crippen molar-refractivity contribution in [3.8, 4) is 0 Å². The maximum absolute atomic E-state index is 13.2. The highest BCUT2D eigenvalue weighted by Crippen LogP contribution is 2.16. The Hall–Kier alpha value is -1.13. The van der Waals surface area contributed by atoms with Gasteiger partial charge in [-0.25, -0.2) is 4.39 Å². The first-order chi connectivity index (χ1) is 8.15. The average molecular weight is 237 g/mol. The lowest BCUT2D eigenvalue weighted by molar-refractivity contribution is 0.269. The van der Waals surface area contributed by atoms with Gasteiger partial charge in [0.1, 0.15) is 5.82 Å². The molecule has 1 aliphatic heterocycles. The number of anilines is 1. The summed E-state index contributed by atoms with van der Waals surface area (Å²) < 4.78 is 13.2. The maximum Gasteiger partial charge on any atom is 0.123 e. The van der Waals surface area contributed by atoms with Crippen molar-refractivity contribution in [3.05, 3.63) is 29.6 Å². The Labute approximate surface area is 102 Å². The van der Waals surface area contributed by atoms with Gasteiger partial charge >= 0.3 is 0 Å². The van der Waals surface area contributed by atoms with Crippen molar-refractivity contribution in [2.24, 2.45) is 0 Å². The van der Waals surface area contributed by atoms with Crippen molar-refractivity contribution >= 4 is 5.69 Å². The van der Waals surface area contributed by atoms with Crippen molar-refractivity contribution in [1.29, 1.82) is 0 Å². The first kappa shape index (κ1) is 12.3. The third-order valence-corrected chi connectivity index (χ3v) is 3.31. The van der Waals surface area contributed by atoms with Gasteiger partial charge < -0.3 is 10.6 Å². The summed E-state index contributed by atoms with van der Waals surface area (Å²) in [5.41, 5.74) is 7.45. The number of likely N-dealkylation sites (N-methyl/N-ethyl adjacent to an activating group) is 1. The van der Waals surface area contributed by atoms with E-state index in [1.54, 1.807) is 12.1 Å². The van der Waals surface area contributed by atoms with E-state index in [2.05, 4.69) is 16.8 Å². The van der Waals surface area contributed by atoms with Crippen molar-refractivity contribution in [2.45, 2.75) is 13.0 Å². The van der Waals surface area contributed by atoms with E-state index in [4.69, 9.17) is 5.73 Å². The van der Waals surface area contributed by atoms with Gasteiger partial charge in [0.2, 0.25) is 0 Å². The molecule has 17 heavy (non-hydrogen) atoms. The molecular formula is C13H20FN3. The quantitative estimate of drug-likeness (QED) is 0.792. The Bertz CT molecular complexity index is 381. The monoisotopic (exact) mass is 237 g/mol. The van der Waals surface area contributed by atoms with Crippen molar-refractivity contribution in [3.63, 3.8) is 0 Å². The van der Waals surface area contributed by atoms with Crippen LogP contribution in [0.5, 0.6) is 0 Å². The number of nitrogens with zero attached hydrogens (tertiary/aromatic N) is 2. The molecular weight excluding hydrogens is 217 g/mol. The molecule has 0 spiro atoms. The highest BCUT2D eigenvalue weighted by atomic mass is 19.1. The normalized spacial score (nSPS) is 19.2. The van der Waals surface area contributed by atoms with Gasteiger partial charge in [-0.3, -0.25) is 4.90 Å². The lowest BCUT2D eigenvalue weighted by Crippen LogP contribution is -2.28. The summed E-state index contributed by atoms with van der Waals surface area (Å²) in [6.45, 7) is 5.02. The fourth-order valence-corrected chi connectivity index (χ4v) is 2.21. The Morgan fingerprint density at radius 3 is 2.88 bits per heavy atom. The minimum Gasteiger partial charge on any atom is -0.398 e. The number of nitrogens with two attached hydrogens (primary N) is 1. The molecule has 2 N–H and O–H groups in total. The number of hydrogen-bond acceptors (Lipinski definition) is 3. The molecule has 1 aromatic carbocycles. The predicted molar refractivity (Wildman–Crippen MR) is 68.2 cm³/mol. The van der Waals surface area contributed by atoms with Gasteiger partial charge in [-0.1, -0.05) is 0 Å². The molecule has 1 heterocycles. The zero-order chi connectivity index (χ0) is 12.3. The smallest absolute Gasteiger partial charge is 0.123 e. The molecule has 4 heteroatoms. The molecule has 0 bridgehead atoms. The van der Waals surface area contributed by atoms with E-state index < -0.39 is 0 Å². The Balaban J connectivity index is 2.02. The summed E-state index contributed by atoms with van der Waals surface area (Å²) in [5, 5.41) is 0. The van der Waals surface area contributed by atoms with E-state index in [0.29, 0.717) is 5.69 Å². The predicted octanol–water partition coefficient (Wildman–Crippen LogP) is 1.55. The van der Waals surface area contributed by atoms with E-state index in [-0.39, 0.29) is 5.82 Å². The number of hydrogen-bond donors (Lipinski definition) is 1. The first-order valence-corrected chi connectivity index (χ1v) is 6.10. The van der Waals surface area contributed by atoms with Gasteiger partial charge in [-0.15, -0.1) is 0 Å². The van der Waals surface area contributed by atoms with Crippen LogP contribution in [0.3, 0.4) is 0 Å². The highest BCUT2D eigenvalue weighted by molar-refractivity contribution is 5.46. The van der Waals surface area contributed by atoms with Crippen LogP contribution in [0, 0.1) is 5.82 Å². The molecule has 94 valence electrons. The van der Waals surface area contributed by atoms with Crippen LogP contribution in [0.2, 0.25) is 0 Å². The summed E-state index contributed by atoms with van der Waals surface area (Å²) in [6.07, 6.45) is 1.16. The average Bonchev–Trinajstić information content (AvgIpc) is 2.49. The molecule has 1 aromatic rings.